The summed E-state index contributed by atoms with van der Waals surface area (Å²) in [7, 11) is -2.13. The highest BCUT2D eigenvalue weighted by Crippen LogP contribution is 2.61. The van der Waals surface area contributed by atoms with Gasteiger partial charge in [0, 0.05) is 125 Å². The number of nitrogens with one attached hydrogen (secondary N) is 2. The van der Waals surface area contributed by atoms with E-state index in [-0.39, 0.29) is 89.3 Å². The average Bonchev–Trinajstić information content (AvgIpc) is 1.35. The van der Waals surface area contributed by atoms with Gasteiger partial charge in [0.05, 0.1) is 90.4 Å². The molecule has 0 fully saturated rings. The summed E-state index contributed by atoms with van der Waals surface area (Å²) in [5.74, 6) is -1.72. The van der Waals surface area contributed by atoms with Gasteiger partial charge in [0.1, 0.15) is 46.0 Å². The van der Waals surface area contributed by atoms with Gasteiger partial charge in [0.25, 0.3) is 8.53 Å². The zero-order valence-corrected chi connectivity index (χ0v) is 81.7. The van der Waals surface area contributed by atoms with Crippen LogP contribution < -0.4 is 39.1 Å². The molecule has 3 unspecified atom stereocenters. The van der Waals surface area contributed by atoms with Crippen molar-refractivity contribution in [2.45, 2.75) is 291 Å². The third-order valence-corrected chi connectivity index (χ3v) is 26.5. The van der Waals surface area contributed by atoms with Crippen molar-refractivity contribution in [3.05, 3.63) is 165 Å². The number of aliphatic hydroxyl groups excluding tert-OH is 1. The number of amides is 2. The van der Waals surface area contributed by atoms with Crippen LogP contribution in [0.5, 0.6) is 46.0 Å². The first-order valence-corrected chi connectivity index (χ1v) is 47.2. The van der Waals surface area contributed by atoms with Crippen LogP contribution in [-0.4, -0.2) is 143 Å². The van der Waals surface area contributed by atoms with Gasteiger partial charge in [-0.3, -0.25) is 28.8 Å². The largest absolute Gasteiger partial charge is 0.456 e. The first-order chi connectivity index (χ1) is 60.7. The first kappa shape index (κ1) is 105. The van der Waals surface area contributed by atoms with Crippen molar-refractivity contribution in [3.8, 4) is 58.1 Å². The number of fused-ring (bicyclic) bond motifs is 12. The molecule has 700 valence electrons. The number of carbonyl (C=O) groups is 8. The number of hydrogen-bond donors (Lipinski definition) is 3. The molecule has 10 rings (SSSR count). The van der Waals surface area contributed by atoms with Crippen molar-refractivity contribution in [2.75, 3.05) is 39.5 Å². The van der Waals surface area contributed by atoms with E-state index in [2.05, 4.69) is 120 Å². The predicted molar refractivity (Wildman–Crippen MR) is 496 cm³/mol. The molecule has 129 heavy (non-hydrogen) atoms. The van der Waals surface area contributed by atoms with Gasteiger partial charge in [-0.1, -0.05) is 62.1 Å². The number of ether oxygens (including phenoxy) is 8. The van der Waals surface area contributed by atoms with Crippen LogP contribution in [0.25, 0.3) is 0 Å². The molecule has 6 aromatic carbocycles. The fourth-order valence-electron chi connectivity index (χ4n) is 15.0. The summed E-state index contributed by atoms with van der Waals surface area (Å²) >= 11 is 0. The van der Waals surface area contributed by atoms with Crippen LogP contribution in [0.15, 0.2) is 109 Å². The molecule has 4 heterocycles. The molecule has 2 spiro atoms. The normalized spacial score (nSPS) is 15.6. The Labute approximate surface area is 765 Å². The quantitative estimate of drug-likeness (QED) is 0.0141. The van der Waals surface area contributed by atoms with Crippen molar-refractivity contribution < 1.29 is 94.9 Å². The lowest BCUT2D eigenvalue weighted by Crippen LogP contribution is -2.43. The van der Waals surface area contributed by atoms with Gasteiger partial charge in [-0.25, -0.2) is 23.6 Å². The smallest absolute Gasteiger partial charge is 0.340 e. The predicted octanol–water partition coefficient (Wildman–Crippen LogP) is 20.4. The summed E-state index contributed by atoms with van der Waals surface area (Å²) in [6.45, 7) is 49.4. The number of esters is 6. The molecule has 4 aliphatic rings. The van der Waals surface area contributed by atoms with Gasteiger partial charge in [-0.2, -0.15) is 10.5 Å². The minimum Gasteiger partial charge on any atom is -0.456 e. The number of hydrogen-bond acceptors (Lipinski definition) is 25. The van der Waals surface area contributed by atoms with Gasteiger partial charge >= 0.3 is 35.8 Å². The van der Waals surface area contributed by atoms with Gasteiger partial charge in [-0.15, -0.1) is 0 Å². The molecule has 2 amide bonds. The number of nitriles is 2. The summed E-state index contributed by atoms with van der Waals surface area (Å²) in [5.41, 5.74) is -1.57. The zero-order valence-electron chi connectivity index (χ0n) is 79.9. The first-order valence-electron chi connectivity index (χ1n) is 44.9. The molecule has 0 aliphatic carbocycles. The molecule has 0 bridgehead atoms. The van der Waals surface area contributed by atoms with Crippen molar-refractivity contribution in [2.24, 2.45) is 21.7 Å². The molecule has 3 atom stereocenters. The van der Waals surface area contributed by atoms with Crippen LogP contribution >= 0.6 is 17.0 Å². The molecule has 6 aromatic rings. The second-order valence-corrected chi connectivity index (χ2v) is 41.5. The maximum absolute atomic E-state index is 13.6. The van der Waals surface area contributed by atoms with Crippen molar-refractivity contribution >= 4 is 64.6 Å². The lowest BCUT2D eigenvalue weighted by molar-refractivity contribution is -0.143. The summed E-state index contributed by atoms with van der Waals surface area (Å²) in [5, 5.41) is 32.7. The van der Waals surface area contributed by atoms with E-state index < -0.39 is 85.7 Å². The number of nitrogens with zero attached hydrogens (tertiary/aromatic N) is 5. The molecule has 4 aliphatic heterocycles. The van der Waals surface area contributed by atoms with Gasteiger partial charge in [0.2, 0.25) is 11.8 Å². The van der Waals surface area contributed by atoms with E-state index >= 15 is 0 Å². The molecular weight excluding hydrogens is 1680 g/mol. The maximum atomic E-state index is 13.6. The van der Waals surface area contributed by atoms with E-state index in [1.54, 1.807) is 168 Å². The van der Waals surface area contributed by atoms with Crippen molar-refractivity contribution in [1.82, 2.24) is 24.6 Å². The Kier molecular flexibility index (Phi) is 37.2. The minimum absolute atomic E-state index is 0.114. The highest BCUT2D eigenvalue weighted by Gasteiger charge is 2.56. The van der Waals surface area contributed by atoms with Crippen LogP contribution in [0.1, 0.15) is 296 Å². The molecule has 3 N–H and O–H groups in total. The van der Waals surface area contributed by atoms with Gasteiger partial charge in [0.15, 0.2) is 19.7 Å². The Morgan fingerprint density at radius 3 is 1.12 bits per heavy atom. The van der Waals surface area contributed by atoms with E-state index in [9.17, 15) is 38.4 Å². The summed E-state index contributed by atoms with van der Waals surface area (Å²) < 4.78 is 74.1. The fourth-order valence-corrected chi connectivity index (χ4v) is 19.0. The maximum Gasteiger partial charge on any atom is 0.340 e. The van der Waals surface area contributed by atoms with E-state index in [4.69, 9.17) is 67.1 Å². The SMILES string of the molecule is CC(C)(C)C(=O)Oc1ccc2c(c1)Oc1cc(OC(=O)C(C)(C)C)c(CC(=O)NCCCCCCO)cc1C21OC(=O)c2ccccc21.CC(C)N(C(C)C)P(OCCC#N)N(C(C)C)C(C)C.CC(C)N(C(C)C)P(OCCC#N)OCCCCCCNC(=O)Cc1cc2c(cc1OC(=O)C(C)(C)C)Oc1cc(OC(=O)C(C)(C)C)ccc1C21OC(=O)c2ccccc21. The van der Waals surface area contributed by atoms with Gasteiger partial charge < -0.3 is 67.2 Å². The number of unbranched alkanes of at least 4 members (excludes halogenated alkanes) is 6. The molecule has 0 aromatic heterocycles. The second-order valence-electron chi connectivity index (χ2n) is 38.3. The highest BCUT2D eigenvalue weighted by molar-refractivity contribution is 7.47. The standard InChI is InChI=1S/C47H60N3O10P.C38H43NO9.C15H32N3OP/c1-30(2)50(31(3)4)61(56-25-17-22-48)55-24-16-12-11-15-23-49-41(51)27-32-26-37-40(29-38(32)59-44(54)46(8,9)10)58-39-28-33(57-43(53)45(5,6)7)20-21-36(39)47(37)35-19-14-13-18-34(35)42(52)60-47;1-36(2,3)34(43)45-24-15-16-27-30(21-24)46-31-22-29(47-35(44)37(4,5)6)23(20-32(41)39-17-11-7-8-12-18-40)19-28(31)38(27)26-14-10-9-13-25(26)33(42)48-38;1-12(2)17(13(3)4)20(19-11-9-10-16)18(14(5)6)15(7)8/h13-14,18-21,26,28-31H,11-12,15-17,23-25,27H2,1-10H3,(H,49,51);9-10,13-16,19,21-22,40H,7-8,11-12,17-18,20H2,1-6H3,(H,39,41);12-15H,9,11H2,1-8H3. The number of aliphatic hydroxyl groups is 1. The van der Waals surface area contributed by atoms with E-state index in [0.29, 0.717) is 126 Å². The second kappa shape index (κ2) is 45.9. The van der Waals surface area contributed by atoms with Crippen LogP contribution in [0.2, 0.25) is 0 Å². The number of benzene rings is 6. The van der Waals surface area contributed by atoms with E-state index in [1.165, 1.54) is 0 Å². The van der Waals surface area contributed by atoms with Crippen molar-refractivity contribution in [1.29, 1.82) is 10.5 Å². The number of carbonyl (C=O) groups excluding carboxylic acids is 8. The van der Waals surface area contributed by atoms with Crippen LogP contribution in [0.4, 0.5) is 0 Å². The summed E-state index contributed by atoms with van der Waals surface area (Å²) in [6, 6.07) is 36.9. The van der Waals surface area contributed by atoms with Crippen LogP contribution in [0.3, 0.4) is 0 Å². The lowest BCUT2D eigenvalue weighted by Gasteiger charge is -2.45. The molecule has 27 nitrogen and oxygen atoms in total. The van der Waals surface area contributed by atoms with Crippen LogP contribution in [-0.2, 0) is 75.9 Å². The Bertz CT molecular complexity index is 4980. The van der Waals surface area contributed by atoms with E-state index in [0.717, 1.165) is 51.4 Å². The monoisotopic (exact) mass is 1820 g/mol. The van der Waals surface area contributed by atoms with E-state index in [1.807, 2.05) is 24.3 Å². The molecular formula is C100H135N7O20P2. The lowest BCUT2D eigenvalue weighted by atomic mass is 9.77. The third-order valence-electron chi connectivity index (χ3n) is 21.3. The van der Waals surface area contributed by atoms with Crippen LogP contribution in [0, 0.1) is 44.3 Å². The Hall–Kier alpha value is -9.76. The summed E-state index contributed by atoms with van der Waals surface area (Å²) in [4.78, 5) is 106. The Morgan fingerprint density at radius 1 is 0.411 bits per heavy atom. The zero-order chi connectivity index (χ0) is 95.4. The highest BCUT2D eigenvalue weighted by atomic mass is 31.2. The molecule has 0 radical (unpaired) electrons. The Morgan fingerprint density at radius 2 is 0.752 bits per heavy atom. The molecule has 0 saturated heterocycles. The third kappa shape index (κ3) is 26.6. The molecule has 29 heteroatoms. The Balaban J connectivity index is 0.000000268. The fraction of sp³-hybridized carbons (Fsp3) is 0.540. The summed E-state index contributed by atoms with van der Waals surface area (Å²) in [6.07, 6.45) is 7.05. The molecule has 0 saturated carbocycles. The minimum atomic E-state index is -1.49. The average molecular weight is 1820 g/mol. The topological polar surface area (TPSA) is 340 Å². The number of rotatable bonds is 37. The van der Waals surface area contributed by atoms with Gasteiger partial charge in [-0.05, 0) is 240 Å². The van der Waals surface area contributed by atoms with Crippen molar-refractivity contribution in [3.63, 3.8) is 0 Å².